The van der Waals surface area contributed by atoms with Crippen molar-refractivity contribution in [3.63, 3.8) is 0 Å². The summed E-state index contributed by atoms with van der Waals surface area (Å²) < 4.78 is 23.4. The minimum absolute atomic E-state index is 0.104. The SMILES string of the molecule is CN(Cc1nc(-c2ccccc2)no1)C(=O)c1cc(Cc2ccc(F)cc2)no1. The van der Waals surface area contributed by atoms with E-state index in [1.54, 1.807) is 25.2 Å². The van der Waals surface area contributed by atoms with Crippen molar-refractivity contribution in [3.05, 3.63) is 89.4 Å². The zero-order valence-corrected chi connectivity index (χ0v) is 15.6. The van der Waals surface area contributed by atoms with E-state index < -0.39 is 0 Å². The van der Waals surface area contributed by atoms with Crippen LogP contribution < -0.4 is 0 Å². The van der Waals surface area contributed by atoms with Crippen molar-refractivity contribution >= 4 is 5.91 Å². The first-order valence-corrected chi connectivity index (χ1v) is 8.92. The Morgan fingerprint density at radius 1 is 1.03 bits per heavy atom. The Bertz CT molecular complexity index is 1110. The number of nitrogens with zero attached hydrogens (tertiary/aromatic N) is 4. The maximum absolute atomic E-state index is 13.0. The van der Waals surface area contributed by atoms with Gasteiger partial charge in [0.15, 0.2) is 0 Å². The van der Waals surface area contributed by atoms with Crippen molar-refractivity contribution < 1.29 is 18.2 Å². The van der Waals surface area contributed by atoms with Crippen LogP contribution in [0.4, 0.5) is 4.39 Å². The number of carbonyl (C=O) groups excluding carboxylic acids is 1. The summed E-state index contributed by atoms with van der Waals surface area (Å²) in [5.41, 5.74) is 2.28. The molecule has 0 saturated heterocycles. The summed E-state index contributed by atoms with van der Waals surface area (Å²) in [5.74, 6) is 0.214. The molecule has 4 rings (SSSR count). The van der Waals surface area contributed by atoms with E-state index in [2.05, 4.69) is 15.3 Å². The number of halogens is 1. The lowest BCUT2D eigenvalue weighted by Crippen LogP contribution is -2.26. The summed E-state index contributed by atoms with van der Waals surface area (Å²) in [6, 6.07) is 17.1. The third-order valence-electron chi connectivity index (χ3n) is 4.29. The number of carbonyl (C=O) groups is 1. The largest absolute Gasteiger partial charge is 0.351 e. The number of aromatic nitrogens is 3. The van der Waals surface area contributed by atoms with Crippen molar-refractivity contribution in [1.82, 2.24) is 20.2 Å². The molecule has 29 heavy (non-hydrogen) atoms. The van der Waals surface area contributed by atoms with Crippen LogP contribution in [0.25, 0.3) is 11.4 Å². The van der Waals surface area contributed by atoms with Gasteiger partial charge in [0.25, 0.3) is 5.91 Å². The van der Waals surface area contributed by atoms with Crippen LogP contribution in [0.2, 0.25) is 0 Å². The summed E-state index contributed by atoms with van der Waals surface area (Å²) >= 11 is 0. The summed E-state index contributed by atoms with van der Waals surface area (Å²) in [5, 5.41) is 7.86. The quantitative estimate of drug-likeness (QED) is 0.497. The molecule has 7 nitrogen and oxygen atoms in total. The molecule has 0 bridgehead atoms. The first kappa shape index (κ1) is 18.5. The zero-order valence-electron chi connectivity index (χ0n) is 15.6. The van der Waals surface area contributed by atoms with Gasteiger partial charge in [-0.3, -0.25) is 4.79 Å². The number of hydrogen-bond acceptors (Lipinski definition) is 6. The van der Waals surface area contributed by atoms with Gasteiger partial charge in [0, 0.05) is 25.1 Å². The maximum atomic E-state index is 13.0. The molecule has 1 amide bonds. The second-order valence-electron chi connectivity index (χ2n) is 6.52. The van der Waals surface area contributed by atoms with Gasteiger partial charge >= 0.3 is 0 Å². The predicted molar refractivity (Wildman–Crippen MR) is 101 cm³/mol. The van der Waals surface area contributed by atoms with E-state index in [9.17, 15) is 9.18 Å². The fraction of sp³-hybridized carbons (Fsp3) is 0.143. The predicted octanol–water partition coefficient (Wildman–Crippen LogP) is 3.73. The molecule has 0 aliphatic rings. The summed E-state index contributed by atoms with van der Waals surface area (Å²) in [4.78, 5) is 18.3. The molecule has 0 aliphatic carbocycles. The maximum Gasteiger partial charge on any atom is 0.292 e. The van der Waals surface area contributed by atoms with E-state index in [4.69, 9.17) is 9.05 Å². The Balaban J connectivity index is 1.40. The number of benzene rings is 2. The molecule has 0 saturated carbocycles. The normalized spacial score (nSPS) is 10.8. The topological polar surface area (TPSA) is 85.3 Å². The summed E-state index contributed by atoms with van der Waals surface area (Å²) in [6.07, 6.45) is 0.435. The fourth-order valence-corrected chi connectivity index (χ4v) is 2.79. The average Bonchev–Trinajstić information content (AvgIpc) is 3.40. The van der Waals surface area contributed by atoms with Crippen molar-refractivity contribution in [2.75, 3.05) is 7.05 Å². The molecule has 2 aromatic carbocycles. The van der Waals surface area contributed by atoms with E-state index in [-0.39, 0.29) is 24.0 Å². The summed E-state index contributed by atoms with van der Waals surface area (Å²) in [6.45, 7) is 0.132. The molecule has 0 unspecified atom stereocenters. The molecule has 8 heteroatoms. The minimum Gasteiger partial charge on any atom is -0.351 e. The molecule has 4 aromatic rings. The first-order valence-electron chi connectivity index (χ1n) is 8.92. The van der Waals surface area contributed by atoms with Crippen molar-refractivity contribution in [3.8, 4) is 11.4 Å². The van der Waals surface area contributed by atoms with E-state index in [0.717, 1.165) is 11.1 Å². The van der Waals surface area contributed by atoms with E-state index in [1.807, 2.05) is 30.3 Å². The highest BCUT2D eigenvalue weighted by Crippen LogP contribution is 2.17. The zero-order chi connectivity index (χ0) is 20.2. The van der Waals surface area contributed by atoms with Gasteiger partial charge in [0.2, 0.25) is 17.5 Å². The Hall–Kier alpha value is -3.81. The number of amides is 1. The molecule has 0 spiro atoms. The molecule has 0 fully saturated rings. The van der Waals surface area contributed by atoms with Gasteiger partial charge in [0.05, 0.1) is 5.69 Å². The van der Waals surface area contributed by atoms with E-state index in [0.29, 0.717) is 23.8 Å². The standard InChI is InChI=1S/C21H17FN4O3/c1-26(13-19-23-20(25-29-19)15-5-3-2-4-6-15)21(27)18-12-17(24-28-18)11-14-7-9-16(22)10-8-14/h2-10,12H,11,13H2,1H3. The van der Waals surface area contributed by atoms with Crippen LogP contribution in [-0.4, -0.2) is 33.2 Å². The molecular weight excluding hydrogens is 375 g/mol. The van der Waals surface area contributed by atoms with Gasteiger partial charge < -0.3 is 13.9 Å². The highest BCUT2D eigenvalue weighted by atomic mass is 19.1. The Kier molecular flexibility index (Phi) is 5.15. The molecule has 0 atom stereocenters. The highest BCUT2D eigenvalue weighted by molar-refractivity contribution is 5.91. The van der Waals surface area contributed by atoms with Crippen molar-refractivity contribution in [2.24, 2.45) is 0 Å². The molecule has 0 aliphatic heterocycles. The van der Waals surface area contributed by atoms with Gasteiger partial charge in [-0.2, -0.15) is 4.98 Å². The smallest absolute Gasteiger partial charge is 0.292 e. The lowest BCUT2D eigenvalue weighted by atomic mass is 10.1. The third-order valence-corrected chi connectivity index (χ3v) is 4.29. The first-order chi connectivity index (χ1) is 14.1. The third kappa shape index (κ3) is 4.37. The lowest BCUT2D eigenvalue weighted by molar-refractivity contribution is 0.0728. The van der Waals surface area contributed by atoms with E-state index >= 15 is 0 Å². The average molecular weight is 392 g/mol. The van der Waals surface area contributed by atoms with Crippen LogP contribution in [0.1, 0.15) is 27.7 Å². The second kappa shape index (κ2) is 8.05. The van der Waals surface area contributed by atoms with Crippen LogP contribution in [0.3, 0.4) is 0 Å². The number of hydrogen-bond donors (Lipinski definition) is 0. The Morgan fingerprint density at radius 2 is 1.79 bits per heavy atom. The molecule has 0 radical (unpaired) electrons. The van der Waals surface area contributed by atoms with Crippen LogP contribution >= 0.6 is 0 Å². The molecular formula is C21H17FN4O3. The second-order valence-corrected chi connectivity index (χ2v) is 6.52. The van der Waals surface area contributed by atoms with Crippen LogP contribution in [0, 0.1) is 5.82 Å². The van der Waals surface area contributed by atoms with Crippen molar-refractivity contribution in [2.45, 2.75) is 13.0 Å². The molecule has 146 valence electrons. The van der Waals surface area contributed by atoms with Gasteiger partial charge in [0.1, 0.15) is 12.4 Å². The fourth-order valence-electron chi connectivity index (χ4n) is 2.79. The monoisotopic (exact) mass is 392 g/mol. The Morgan fingerprint density at radius 3 is 2.55 bits per heavy atom. The van der Waals surface area contributed by atoms with Crippen molar-refractivity contribution in [1.29, 1.82) is 0 Å². The van der Waals surface area contributed by atoms with Gasteiger partial charge in [-0.1, -0.05) is 52.8 Å². The van der Waals surface area contributed by atoms with E-state index in [1.165, 1.54) is 17.0 Å². The number of rotatable bonds is 6. The van der Waals surface area contributed by atoms with Gasteiger partial charge in [-0.05, 0) is 17.7 Å². The van der Waals surface area contributed by atoms with Crippen LogP contribution in [-0.2, 0) is 13.0 Å². The summed E-state index contributed by atoms with van der Waals surface area (Å²) in [7, 11) is 1.61. The van der Waals surface area contributed by atoms with Gasteiger partial charge in [-0.25, -0.2) is 4.39 Å². The molecule has 0 N–H and O–H groups in total. The van der Waals surface area contributed by atoms with Gasteiger partial charge in [-0.15, -0.1) is 0 Å². The highest BCUT2D eigenvalue weighted by Gasteiger charge is 2.20. The minimum atomic E-state index is -0.359. The molecule has 2 heterocycles. The lowest BCUT2D eigenvalue weighted by Gasteiger charge is -2.11. The Labute approximate surface area is 165 Å². The van der Waals surface area contributed by atoms with Crippen LogP contribution in [0.15, 0.2) is 69.7 Å². The van der Waals surface area contributed by atoms with Crippen LogP contribution in [0.5, 0.6) is 0 Å². The molecule has 2 aromatic heterocycles.